The molecule has 8 heteroatoms. The summed E-state index contributed by atoms with van der Waals surface area (Å²) in [6, 6.07) is 8.20. The highest BCUT2D eigenvalue weighted by atomic mass is 35.5. The van der Waals surface area contributed by atoms with E-state index in [1.165, 1.54) is 13.3 Å². The van der Waals surface area contributed by atoms with Gasteiger partial charge in [0.1, 0.15) is 0 Å². The number of carbonyl (C=O) groups is 1. The van der Waals surface area contributed by atoms with Crippen molar-refractivity contribution in [2.45, 2.75) is 6.54 Å². The van der Waals surface area contributed by atoms with E-state index in [-0.39, 0.29) is 17.1 Å². The molecular weight excluding hydrogens is 310 g/mol. The second-order valence-electron chi connectivity index (χ2n) is 4.32. The molecule has 0 spiro atoms. The van der Waals surface area contributed by atoms with Crippen molar-refractivity contribution in [2.24, 2.45) is 0 Å². The average molecular weight is 322 g/mol. The molecule has 0 saturated heterocycles. The summed E-state index contributed by atoms with van der Waals surface area (Å²) in [4.78, 5) is 25.8. The molecule has 0 aliphatic carbocycles. The van der Waals surface area contributed by atoms with E-state index in [0.29, 0.717) is 11.6 Å². The van der Waals surface area contributed by atoms with E-state index >= 15 is 0 Å². The molecule has 1 N–H and O–H groups in total. The standard InChI is InChI=1S/C14H12ClN3O4/c1-22-14(19)10-6-12(18(20)21)13(17-8-10)16-7-9-3-2-4-11(15)5-9/h2-6,8H,7H2,1H3,(H,16,17). The van der Waals surface area contributed by atoms with Gasteiger partial charge in [0, 0.05) is 23.8 Å². The first-order chi connectivity index (χ1) is 10.5. The van der Waals surface area contributed by atoms with Gasteiger partial charge in [-0.2, -0.15) is 0 Å². The van der Waals surface area contributed by atoms with Gasteiger partial charge in [0.25, 0.3) is 0 Å². The molecule has 0 aliphatic heterocycles. The number of benzene rings is 1. The van der Waals surface area contributed by atoms with Crippen LogP contribution < -0.4 is 5.32 Å². The van der Waals surface area contributed by atoms with Crippen molar-refractivity contribution in [3.05, 3.63) is 62.8 Å². The molecule has 0 aliphatic rings. The third-order valence-electron chi connectivity index (χ3n) is 2.83. The molecule has 7 nitrogen and oxygen atoms in total. The van der Waals surface area contributed by atoms with E-state index in [2.05, 4.69) is 15.0 Å². The number of methoxy groups -OCH3 is 1. The van der Waals surface area contributed by atoms with E-state index in [1.807, 2.05) is 6.07 Å². The molecule has 1 heterocycles. The van der Waals surface area contributed by atoms with Crippen LogP contribution in [0.3, 0.4) is 0 Å². The monoisotopic (exact) mass is 321 g/mol. The molecule has 0 radical (unpaired) electrons. The molecule has 0 unspecified atom stereocenters. The highest BCUT2D eigenvalue weighted by molar-refractivity contribution is 6.30. The summed E-state index contributed by atoms with van der Waals surface area (Å²) in [5.74, 6) is -0.616. The zero-order valence-electron chi connectivity index (χ0n) is 11.6. The summed E-state index contributed by atoms with van der Waals surface area (Å²) >= 11 is 5.88. The smallest absolute Gasteiger partial charge is 0.339 e. The number of anilines is 1. The Kier molecular flexibility index (Phi) is 4.90. The molecule has 0 atom stereocenters. The number of nitro groups is 1. The zero-order chi connectivity index (χ0) is 16.1. The second kappa shape index (κ2) is 6.86. The van der Waals surface area contributed by atoms with Crippen LogP contribution in [0.1, 0.15) is 15.9 Å². The Balaban J connectivity index is 2.23. The maximum Gasteiger partial charge on any atom is 0.339 e. The molecule has 2 rings (SSSR count). The predicted octanol–water partition coefficient (Wildman–Crippen LogP) is 3.04. The molecule has 0 amide bonds. The normalized spacial score (nSPS) is 10.1. The van der Waals surface area contributed by atoms with Gasteiger partial charge in [-0.15, -0.1) is 0 Å². The fraction of sp³-hybridized carbons (Fsp3) is 0.143. The van der Waals surface area contributed by atoms with Crippen molar-refractivity contribution in [3.8, 4) is 0 Å². The third-order valence-corrected chi connectivity index (χ3v) is 3.07. The molecule has 0 bridgehead atoms. The quantitative estimate of drug-likeness (QED) is 0.516. The topological polar surface area (TPSA) is 94.4 Å². The Morgan fingerprint density at radius 1 is 1.45 bits per heavy atom. The molecule has 0 saturated carbocycles. The van der Waals surface area contributed by atoms with Gasteiger partial charge >= 0.3 is 11.7 Å². The summed E-state index contributed by atoms with van der Waals surface area (Å²) in [7, 11) is 1.19. The highest BCUT2D eigenvalue weighted by Gasteiger charge is 2.19. The van der Waals surface area contributed by atoms with Crippen LogP contribution in [0, 0.1) is 10.1 Å². The first-order valence-corrected chi connectivity index (χ1v) is 6.60. The second-order valence-corrected chi connectivity index (χ2v) is 4.76. The number of aromatic nitrogens is 1. The number of esters is 1. The first-order valence-electron chi connectivity index (χ1n) is 6.22. The van der Waals surface area contributed by atoms with E-state index in [1.54, 1.807) is 18.2 Å². The Morgan fingerprint density at radius 2 is 2.23 bits per heavy atom. The maximum absolute atomic E-state index is 11.4. The number of hydrogen-bond donors (Lipinski definition) is 1. The summed E-state index contributed by atoms with van der Waals surface area (Å²) in [5, 5.41) is 14.5. The minimum atomic E-state index is -0.683. The summed E-state index contributed by atoms with van der Waals surface area (Å²) in [6.07, 6.45) is 1.22. The van der Waals surface area contributed by atoms with Gasteiger partial charge in [-0.05, 0) is 17.7 Å². The molecular formula is C14H12ClN3O4. The lowest BCUT2D eigenvalue weighted by molar-refractivity contribution is -0.384. The highest BCUT2D eigenvalue weighted by Crippen LogP contribution is 2.24. The van der Waals surface area contributed by atoms with Gasteiger partial charge in [0.05, 0.1) is 17.6 Å². The van der Waals surface area contributed by atoms with E-state index < -0.39 is 10.9 Å². The largest absolute Gasteiger partial charge is 0.465 e. The number of nitrogens with zero attached hydrogens (tertiary/aromatic N) is 2. The Hall–Kier alpha value is -2.67. The van der Waals surface area contributed by atoms with Gasteiger partial charge in [-0.25, -0.2) is 9.78 Å². The number of nitrogens with one attached hydrogen (secondary N) is 1. The van der Waals surface area contributed by atoms with Gasteiger partial charge in [0.2, 0.25) is 5.82 Å². The predicted molar refractivity (Wildman–Crippen MR) is 81.0 cm³/mol. The molecule has 0 fully saturated rings. The molecule has 1 aromatic carbocycles. The van der Waals surface area contributed by atoms with Crippen molar-refractivity contribution in [3.63, 3.8) is 0 Å². The minimum absolute atomic E-state index is 0.0162. The van der Waals surface area contributed by atoms with Gasteiger partial charge in [-0.1, -0.05) is 23.7 Å². The maximum atomic E-state index is 11.4. The van der Waals surface area contributed by atoms with Crippen LogP contribution in [0.4, 0.5) is 11.5 Å². The number of halogens is 1. The molecule has 22 heavy (non-hydrogen) atoms. The first kappa shape index (κ1) is 15.7. The average Bonchev–Trinajstić information content (AvgIpc) is 2.52. The van der Waals surface area contributed by atoms with Gasteiger partial charge in [0.15, 0.2) is 0 Å². The molecule has 1 aromatic heterocycles. The number of hydrogen-bond acceptors (Lipinski definition) is 6. The summed E-state index contributed by atoms with van der Waals surface area (Å²) in [6.45, 7) is 0.311. The van der Waals surface area contributed by atoms with Crippen molar-refractivity contribution >= 4 is 29.1 Å². The minimum Gasteiger partial charge on any atom is -0.465 e. The third kappa shape index (κ3) is 3.70. The van der Waals surface area contributed by atoms with Crippen molar-refractivity contribution in [1.29, 1.82) is 0 Å². The van der Waals surface area contributed by atoms with Crippen LogP contribution in [0.25, 0.3) is 0 Å². The van der Waals surface area contributed by atoms with E-state index in [4.69, 9.17) is 11.6 Å². The fourth-order valence-electron chi connectivity index (χ4n) is 1.79. The van der Waals surface area contributed by atoms with Crippen LogP contribution in [-0.2, 0) is 11.3 Å². The van der Waals surface area contributed by atoms with E-state index in [0.717, 1.165) is 11.6 Å². The SMILES string of the molecule is COC(=O)c1cnc(NCc2cccc(Cl)c2)c([N+](=O)[O-])c1. The molecule has 2 aromatic rings. The van der Waals surface area contributed by atoms with Crippen LogP contribution in [0.5, 0.6) is 0 Å². The lowest BCUT2D eigenvalue weighted by atomic mass is 10.2. The van der Waals surface area contributed by atoms with Crippen molar-refractivity contribution < 1.29 is 14.5 Å². The Morgan fingerprint density at radius 3 is 2.86 bits per heavy atom. The Bertz CT molecular complexity index is 721. The van der Waals surface area contributed by atoms with Crippen molar-refractivity contribution in [1.82, 2.24) is 4.98 Å². The van der Waals surface area contributed by atoms with Crippen LogP contribution in [-0.4, -0.2) is 23.0 Å². The lowest BCUT2D eigenvalue weighted by Crippen LogP contribution is -2.08. The van der Waals surface area contributed by atoms with Crippen molar-refractivity contribution in [2.75, 3.05) is 12.4 Å². The molecule has 114 valence electrons. The number of pyridine rings is 1. The number of rotatable bonds is 5. The van der Waals surface area contributed by atoms with Crippen LogP contribution in [0.15, 0.2) is 36.5 Å². The van der Waals surface area contributed by atoms with E-state index in [9.17, 15) is 14.9 Å². The summed E-state index contributed by atoms with van der Waals surface area (Å²) < 4.78 is 4.52. The number of ether oxygens (including phenoxy) is 1. The summed E-state index contributed by atoms with van der Waals surface area (Å²) in [5.41, 5.74) is 0.563. The van der Waals surface area contributed by atoms with Crippen LogP contribution >= 0.6 is 11.6 Å². The van der Waals surface area contributed by atoms with Gasteiger partial charge in [-0.3, -0.25) is 10.1 Å². The zero-order valence-corrected chi connectivity index (χ0v) is 12.3. The fourth-order valence-corrected chi connectivity index (χ4v) is 2.00. The lowest BCUT2D eigenvalue weighted by Gasteiger charge is -2.07. The number of carbonyl (C=O) groups excluding carboxylic acids is 1. The van der Waals surface area contributed by atoms with Gasteiger partial charge < -0.3 is 10.1 Å². The van der Waals surface area contributed by atoms with Crippen LogP contribution in [0.2, 0.25) is 5.02 Å². The Labute approximate surface area is 131 Å².